The predicted molar refractivity (Wildman–Crippen MR) is 104 cm³/mol. The second kappa shape index (κ2) is 10.5. The summed E-state index contributed by atoms with van der Waals surface area (Å²) < 4.78 is 10.7. The fraction of sp³-hybridized carbons (Fsp3) is 0.562. The lowest BCUT2D eigenvalue weighted by Crippen LogP contribution is -2.41. The Kier molecular flexibility index (Phi) is 9.08. The number of guanidine groups is 1. The zero-order chi connectivity index (χ0) is 15.8. The number of halogens is 1. The van der Waals surface area contributed by atoms with Crippen molar-refractivity contribution < 1.29 is 9.47 Å². The fourth-order valence-electron chi connectivity index (χ4n) is 2.33. The average molecular weight is 434 g/mol. The van der Waals surface area contributed by atoms with Gasteiger partial charge in [0, 0.05) is 26.7 Å². The molecular weight excluding hydrogens is 407 g/mol. The molecule has 6 nitrogen and oxygen atoms in total. The Morgan fingerprint density at radius 2 is 1.91 bits per heavy atom. The molecule has 0 amide bonds. The maximum absolute atomic E-state index is 5.39. The standard InChI is InChI=1S/C16H26N4O2.HI/c1-4-20(5-2)9-8-18-16(17-3)19-11-13-6-7-14-15(10-13)22-12-21-14;/h6-7,10H,4-5,8-9,11-12H2,1-3H3,(H2,17,18,19);1H. The molecule has 0 atom stereocenters. The summed E-state index contributed by atoms with van der Waals surface area (Å²) >= 11 is 0. The Morgan fingerprint density at radius 3 is 2.61 bits per heavy atom. The first-order valence-corrected chi connectivity index (χ1v) is 7.82. The largest absolute Gasteiger partial charge is 0.454 e. The van der Waals surface area contributed by atoms with Gasteiger partial charge in [-0.25, -0.2) is 0 Å². The van der Waals surface area contributed by atoms with Gasteiger partial charge in [0.2, 0.25) is 6.79 Å². The van der Waals surface area contributed by atoms with E-state index in [-0.39, 0.29) is 24.0 Å². The van der Waals surface area contributed by atoms with Crippen molar-refractivity contribution in [2.24, 2.45) is 4.99 Å². The summed E-state index contributed by atoms with van der Waals surface area (Å²) in [4.78, 5) is 6.62. The van der Waals surface area contributed by atoms with Crippen LogP contribution in [0.15, 0.2) is 23.2 Å². The first-order chi connectivity index (χ1) is 10.8. The summed E-state index contributed by atoms with van der Waals surface area (Å²) in [5.41, 5.74) is 1.14. The number of hydrogen-bond acceptors (Lipinski definition) is 4. The van der Waals surface area contributed by atoms with Crippen LogP contribution in [0.5, 0.6) is 11.5 Å². The molecule has 1 heterocycles. The Balaban J connectivity index is 0.00000264. The van der Waals surface area contributed by atoms with Crippen LogP contribution in [0, 0.1) is 0 Å². The van der Waals surface area contributed by atoms with Gasteiger partial charge in [0.15, 0.2) is 17.5 Å². The summed E-state index contributed by atoms with van der Waals surface area (Å²) in [7, 11) is 1.78. The Morgan fingerprint density at radius 1 is 1.17 bits per heavy atom. The maximum atomic E-state index is 5.39. The Hall–Kier alpha value is -1.22. The van der Waals surface area contributed by atoms with Crippen LogP contribution < -0.4 is 20.1 Å². The quantitative estimate of drug-likeness (QED) is 0.391. The molecular formula is C16H27IN4O2. The minimum absolute atomic E-state index is 0. The summed E-state index contributed by atoms with van der Waals surface area (Å²) in [6, 6.07) is 5.97. The van der Waals surface area contributed by atoms with E-state index in [0.717, 1.165) is 49.2 Å². The minimum Gasteiger partial charge on any atom is -0.454 e. The molecule has 0 fully saturated rings. The molecule has 1 aromatic carbocycles. The normalized spacial score (nSPS) is 13.0. The molecule has 23 heavy (non-hydrogen) atoms. The lowest BCUT2D eigenvalue weighted by Gasteiger charge is -2.19. The summed E-state index contributed by atoms with van der Waals surface area (Å²) in [6.07, 6.45) is 0. The zero-order valence-corrected chi connectivity index (χ0v) is 16.4. The third kappa shape index (κ3) is 6.06. The number of ether oxygens (including phenoxy) is 2. The van der Waals surface area contributed by atoms with Gasteiger partial charge in [0.05, 0.1) is 0 Å². The number of rotatable bonds is 7. The molecule has 0 spiro atoms. The highest BCUT2D eigenvalue weighted by molar-refractivity contribution is 14.0. The van der Waals surface area contributed by atoms with Crippen molar-refractivity contribution in [1.82, 2.24) is 15.5 Å². The van der Waals surface area contributed by atoms with Crippen molar-refractivity contribution in [2.45, 2.75) is 20.4 Å². The van der Waals surface area contributed by atoms with Crippen LogP contribution in [-0.4, -0.2) is 50.9 Å². The number of benzene rings is 1. The van der Waals surface area contributed by atoms with E-state index in [4.69, 9.17) is 9.47 Å². The van der Waals surface area contributed by atoms with E-state index in [9.17, 15) is 0 Å². The van der Waals surface area contributed by atoms with Crippen LogP contribution in [0.4, 0.5) is 0 Å². The molecule has 1 aliphatic rings. The van der Waals surface area contributed by atoms with E-state index in [1.54, 1.807) is 7.05 Å². The molecule has 0 bridgehead atoms. The van der Waals surface area contributed by atoms with E-state index in [2.05, 4.69) is 34.4 Å². The molecule has 0 saturated carbocycles. The summed E-state index contributed by atoms with van der Waals surface area (Å²) in [6.45, 7) is 9.39. The van der Waals surface area contributed by atoms with E-state index < -0.39 is 0 Å². The number of likely N-dealkylation sites (N-methyl/N-ethyl adjacent to an activating group) is 1. The molecule has 0 aromatic heterocycles. The molecule has 7 heteroatoms. The molecule has 1 aliphatic heterocycles. The van der Waals surface area contributed by atoms with Gasteiger partial charge in [0.25, 0.3) is 0 Å². The number of fused-ring (bicyclic) bond motifs is 1. The third-order valence-electron chi connectivity index (χ3n) is 3.74. The topological polar surface area (TPSA) is 58.1 Å². The second-order valence-corrected chi connectivity index (χ2v) is 5.07. The Bertz CT molecular complexity index is 507. The smallest absolute Gasteiger partial charge is 0.231 e. The number of hydrogen-bond donors (Lipinski definition) is 2. The number of nitrogens with zero attached hydrogens (tertiary/aromatic N) is 2. The number of nitrogens with one attached hydrogen (secondary N) is 2. The zero-order valence-electron chi connectivity index (χ0n) is 14.1. The maximum Gasteiger partial charge on any atom is 0.231 e. The van der Waals surface area contributed by atoms with Crippen molar-refractivity contribution >= 4 is 29.9 Å². The van der Waals surface area contributed by atoms with Crippen molar-refractivity contribution in [3.63, 3.8) is 0 Å². The first-order valence-electron chi connectivity index (χ1n) is 7.82. The van der Waals surface area contributed by atoms with Gasteiger partial charge in [-0.2, -0.15) is 0 Å². The van der Waals surface area contributed by atoms with Gasteiger partial charge in [-0.05, 0) is 30.8 Å². The van der Waals surface area contributed by atoms with Crippen LogP contribution >= 0.6 is 24.0 Å². The van der Waals surface area contributed by atoms with Crippen LogP contribution in [0.3, 0.4) is 0 Å². The van der Waals surface area contributed by atoms with Crippen LogP contribution in [0.25, 0.3) is 0 Å². The SMILES string of the molecule is CCN(CC)CCNC(=NC)NCc1ccc2c(c1)OCO2.I. The number of aliphatic imine (C=N–C) groups is 1. The summed E-state index contributed by atoms with van der Waals surface area (Å²) in [5.74, 6) is 2.43. The highest BCUT2D eigenvalue weighted by atomic mass is 127. The molecule has 1 aromatic rings. The van der Waals surface area contributed by atoms with Gasteiger partial charge < -0.3 is 25.0 Å². The molecule has 130 valence electrons. The fourth-order valence-corrected chi connectivity index (χ4v) is 2.33. The van der Waals surface area contributed by atoms with Crippen molar-refractivity contribution in [3.05, 3.63) is 23.8 Å². The molecule has 0 saturated heterocycles. The average Bonchev–Trinajstić information content (AvgIpc) is 3.02. The lowest BCUT2D eigenvalue weighted by molar-refractivity contribution is 0.174. The van der Waals surface area contributed by atoms with Gasteiger partial charge >= 0.3 is 0 Å². The predicted octanol–water partition coefficient (Wildman–Crippen LogP) is 2.04. The van der Waals surface area contributed by atoms with Crippen molar-refractivity contribution in [1.29, 1.82) is 0 Å². The van der Waals surface area contributed by atoms with Crippen LogP contribution in [0.1, 0.15) is 19.4 Å². The first kappa shape index (κ1) is 19.8. The van der Waals surface area contributed by atoms with Crippen molar-refractivity contribution in [3.8, 4) is 11.5 Å². The van der Waals surface area contributed by atoms with Gasteiger partial charge in [-0.1, -0.05) is 19.9 Å². The monoisotopic (exact) mass is 434 g/mol. The minimum atomic E-state index is 0. The van der Waals surface area contributed by atoms with E-state index >= 15 is 0 Å². The molecule has 0 unspecified atom stereocenters. The van der Waals surface area contributed by atoms with E-state index in [1.807, 2.05) is 18.2 Å². The highest BCUT2D eigenvalue weighted by Crippen LogP contribution is 2.32. The molecule has 2 rings (SSSR count). The lowest BCUT2D eigenvalue weighted by atomic mass is 10.2. The van der Waals surface area contributed by atoms with E-state index in [0.29, 0.717) is 13.3 Å². The van der Waals surface area contributed by atoms with Gasteiger partial charge in [-0.15, -0.1) is 24.0 Å². The molecule has 2 N–H and O–H groups in total. The molecule has 0 radical (unpaired) electrons. The summed E-state index contributed by atoms with van der Waals surface area (Å²) in [5, 5.41) is 6.64. The van der Waals surface area contributed by atoms with Crippen LogP contribution in [0.2, 0.25) is 0 Å². The Labute approximate surface area is 155 Å². The second-order valence-electron chi connectivity index (χ2n) is 5.07. The van der Waals surface area contributed by atoms with Gasteiger partial charge in [0.1, 0.15) is 0 Å². The van der Waals surface area contributed by atoms with Gasteiger partial charge in [-0.3, -0.25) is 4.99 Å². The third-order valence-corrected chi connectivity index (χ3v) is 3.74. The van der Waals surface area contributed by atoms with E-state index in [1.165, 1.54) is 0 Å². The van der Waals surface area contributed by atoms with Crippen LogP contribution in [-0.2, 0) is 6.54 Å². The highest BCUT2D eigenvalue weighted by Gasteiger charge is 2.13. The molecule has 0 aliphatic carbocycles. The van der Waals surface area contributed by atoms with Crippen molar-refractivity contribution in [2.75, 3.05) is 40.0 Å².